The Labute approximate surface area is 113 Å². The van der Waals surface area contributed by atoms with Crippen molar-refractivity contribution in [2.75, 3.05) is 13.7 Å². The Bertz CT molecular complexity index is 436. The Balaban J connectivity index is 2.20. The first-order chi connectivity index (χ1) is 8.63. The van der Waals surface area contributed by atoms with E-state index in [2.05, 4.69) is 0 Å². The van der Waals surface area contributed by atoms with Gasteiger partial charge in [-0.3, -0.25) is 4.79 Å². The van der Waals surface area contributed by atoms with E-state index in [0.717, 1.165) is 24.9 Å². The Morgan fingerprint density at radius 2 is 2.33 bits per heavy atom. The second kappa shape index (κ2) is 5.72. The van der Waals surface area contributed by atoms with Crippen molar-refractivity contribution in [3.63, 3.8) is 0 Å². The van der Waals surface area contributed by atoms with E-state index >= 15 is 0 Å². The van der Waals surface area contributed by atoms with Crippen LogP contribution in [0, 0.1) is 0 Å². The fraction of sp³-hybridized carbons (Fsp3) is 0.500. The number of likely N-dealkylation sites (tertiary alicyclic amines) is 1. The van der Waals surface area contributed by atoms with Crippen LogP contribution in [-0.2, 0) is 9.53 Å². The summed E-state index contributed by atoms with van der Waals surface area (Å²) in [6.07, 6.45) is 1.63. The van der Waals surface area contributed by atoms with Gasteiger partial charge in [-0.1, -0.05) is 23.7 Å². The van der Waals surface area contributed by atoms with Crippen LogP contribution in [0.15, 0.2) is 24.3 Å². The predicted molar refractivity (Wildman–Crippen MR) is 71.6 cm³/mol. The van der Waals surface area contributed by atoms with E-state index in [1.165, 1.54) is 0 Å². The minimum absolute atomic E-state index is 0.0555. The van der Waals surface area contributed by atoms with Crippen LogP contribution < -0.4 is 0 Å². The summed E-state index contributed by atoms with van der Waals surface area (Å²) in [4.78, 5) is 14.1. The van der Waals surface area contributed by atoms with E-state index in [1.54, 1.807) is 14.0 Å². The number of rotatable bonds is 3. The summed E-state index contributed by atoms with van der Waals surface area (Å²) in [7, 11) is 1.56. The van der Waals surface area contributed by atoms with Gasteiger partial charge in [0.15, 0.2) is 0 Å². The van der Waals surface area contributed by atoms with Crippen LogP contribution in [0.2, 0.25) is 5.02 Å². The summed E-state index contributed by atoms with van der Waals surface area (Å²) in [5.41, 5.74) is 1.11. The number of ether oxygens (including phenoxy) is 1. The molecule has 1 aromatic rings. The molecule has 0 radical (unpaired) electrons. The predicted octanol–water partition coefficient (Wildman–Crippen LogP) is 3.04. The van der Waals surface area contributed by atoms with Crippen LogP contribution in [0.3, 0.4) is 0 Å². The zero-order valence-corrected chi connectivity index (χ0v) is 11.5. The lowest BCUT2D eigenvalue weighted by molar-refractivity contribution is -0.141. The summed E-state index contributed by atoms with van der Waals surface area (Å²) in [5, 5.41) is 0.714. The standard InChI is InChI=1S/C14H18ClNO2/c1-10(18-2)14(17)16-8-4-7-13(16)11-5-3-6-12(15)9-11/h3,5-6,9-10,13H,4,7-8H2,1-2H3. The van der Waals surface area contributed by atoms with Gasteiger partial charge in [0, 0.05) is 18.7 Å². The molecule has 4 heteroatoms. The number of carbonyl (C=O) groups is 1. The first-order valence-corrected chi connectivity index (χ1v) is 6.60. The van der Waals surface area contributed by atoms with Gasteiger partial charge in [0.05, 0.1) is 6.04 Å². The van der Waals surface area contributed by atoms with Crippen LogP contribution in [0.1, 0.15) is 31.4 Å². The molecule has 1 fully saturated rings. The molecular weight excluding hydrogens is 250 g/mol. The molecule has 0 aliphatic carbocycles. The van der Waals surface area contributed by atoms with E-state index in [9.17, 15) is 4.79 Å². The largest absolute Gasteiger partial charge is 0.372 e. The molecular formula is C14H18ClNO2. The number of amides is 1. The highest BCUT2D eigenvalue weighted by atomic mass is 35.5. The lowest BCUT2D eigenvalue weighted by atomic mass is 10.0. The molecule has 1 aliphatic heterocycles. The Morgan fingerprint density at radius 3 is 3.00 bits per heavy atom. The van der Waals surface area contributed by atoms with Crippen molar-refractivity contribution >= 4 is 17.5 Å². The topological polar surface area (TPSA) is 29.5 Å². The highest BCUT2D eigenvalue weighted by Gasteiger charge is 2.32. The fourth-order valence-electron chi connectivity index (χ4n) is 2.43. The zero-order valence-electron chi connectivity index (χ0n) is 10.7. The zero-order chi connectivity index (χ0) is 13.1. The highest BCUT2D eigenvalue weighted by Crippen LogP contribution is 2.33. The van der Waals surface area contributed by atoms with Gasteiger partial charge in [0.2, 0.25) is 0 Å². The van der Waals surface area contributed by atoms with Gasteiger partial charge in [-0.2, -0.15) is 0 Å². The molecule has 2 rings (SSSR count). The van der Waals surface area contributed by atoms with Crippen LogP contribution in [0.4, 0.5) is 0 Å². The molecule has 0 saturated carbocycles. The summed E-state index contributed by atoms with van der Waals surface area (Å²) >= 11 is 6.01. The van der Waals surface area contributed by atoms with Crippen LogP contribution in [-0.4, -0.2) is 30.6 Å². The number of hydrogen-bond donors (Lipinski definition) is 0. The molecule has 2 atom stereocenters. The molecule has 0 aromatic heterocycles. The van der Waals surface area contributed by atoms with Crippen molar-refractivity contribution in [1.82, 2.24) is 4.90 Å². The minimum atomic E-state index is -0.384. The van der Waals surface area contributed by atoms with Gasteiger partial charge in [0.1, 0.15) is 6.10 Å². The lowest BCUT2D eigenvalue weighted by Gasteiger charge is -2.27. The smallest absolute Gasteiger partial charge is 0.251 e. The van der Waals surface area contributed by atoms with Crippen molar-refractivity contribution in [1.29, 1.82) is 0 Å². The molecule has 1 aliphatic rings. The van der Waals surface area contributed by atoms with E-state index in [0.29, 0.717) is 5.02 Å². The Hall–Kier alpha value is -1.06. The van der Waals surface area contributed by atoms with E-state index < -0.39 is 0 Å². The van der Waals surface area contributed by atoms with Gasteiger partial charge in [-0.15, -0.1) is 0 Å². The second-order valence-electron chi connectivity index (χ2n) is 4.62. The van der Waals surface area contributed by atoms with E-state index in [4.69, 9.17) is 16.3 Å². The summed E-state index contributed by atoms with van der Waals surface area (Å²) < 4.78 is 5.12. The molecule has 2 unspecified atom stereocenters. The van der Waals surface area contributed by atoms with Crippen LogP contribution in [0.5, 0.6) is 0 Å². The first kappa shape index (κ1) is 13.4. The number of halogens is 1. The van der Waals surface area contributed by atoms with Crippen LogP contribution in [0.25, 0.3) is 0 Å². The molecule has 18 heavy (non-hydrogen) atoms. The number of benzene rings is 1. The minimum Gasteiger partial charge on any atom is -0.372 e. The average Bonchev–Trinajstić information content (AvgIpc) is 2.86. The molecule has 0 bridgehead atoms. The second-order valence-corrected chi connectivity index (χ2v) is 5.06. The van der Waals surface area contributed by atoms with Gasteiger partial charge in [-0.05, 0) is 37.5 Å². The number of methoxy groups -OCH3 is 1. The molecule has 3 nitrogen and oxygen atoms in total. The summed E-state index contributed by atoms with van der Waals surface area (Å²) in [6.45, 7) is 2.58. The van der Waals surface area contributed by atoms with Gasteiger partial charge >= 0.3 is 0 Å². The maximum absolute atomic E-state index is 12.2. The molecule has 0 spiro atoms. The molecule has 1 aromatic carbocycles. The normalized spacial score (nSPS) is 21.1. The quantitative estimate of drug-likeness (QED) is 0.842. The summed E-state index contributed by atoms with van der Waals surface area (Å²) in [5.74, 6) is 0.0555. The molecule has 1 saturated heterocycles. The maximum atomic E-state index is 12.2. The third-order valence-corrected chi connectivity index (χ3v) is 3.71. The third-order valence-electron chi connectivity index (χ3n) is 3.47. The van der Waals surface area contributed by atoms with Crippen molar-refractivity contribution in [2.45, 2.75) is 31.9 Å². The van der Waals surface area contributed by atoms with Crippen molar-refractivity contribution in [3.05, 3.63) is 34.9 Å². The van der Waals surface area contributed by atoms with Crippen LogP contribution >= 0.6 is 11.6 Å². The number of hydrogen-bond acceptors (Lipinski definition) is 2. The van der Waals surface area contributed by atoms with Crippen molar-refractivity contribution < 1.29 is 9.53 Å². The monoisotopic (exact) mass is 267 g/mol. The maximum Gasteiger partial charge on any atom is 0.251 e. The van der Waals surface area contributed by atoms with E-state index in [-0.39, 0.29) is 18.1 Å². The van der Waals surface area contributed by atoms with Gasteiger partial charge < -0.3 is 9.64 Å². The Morgan fingerprint density at radius 1 is 1.56 bits per heavy atom. The molecule has 1 heterocycles. The Kier molecular flexibility index (Phi) is 4.25. The van der Waals surface area contributed by atoms with Gasteiger partial charge in [0.25, 0.3) is 5.91 Å². The molecule has 98 valence electrons. The fourth-order valence-corrected chi connectivity index (χ4v) is 2.62. The lowest BCUT2D eigenvalue weighted by Crippen LogP contribution is -2.38. The third kappa shape index (κ3) is 2.68. The highest BCUT2D eigenvalue weighted by molar-refractivity contribution is 6.30. The van der Waals surface area contributed by atoms with E-state index in [1.807, 2.05) is 29.2 Å². The van der Waals surface area contributed by atoms with Gasteiger partial charge in [-0.25, -0.2) is 0 Å². The molecule has 0 N–H and O–H groups in total. The summed E-state index contributed by atoms with van der Waals surface area (Å²) in [6, 6.07) is 7.88. The average molecular weight is 268 g/mol. The number of nitrogens with zero attached hydrogens (tertiary/aromatic N) is 1. The SMILES string of the molecule is COC(C)C(=O)N1CCCC1c1cccc(Cl)c1. The first-order valence-electron chi connectivity index (χ1n) is 6.22. The van der Waals surface area contributed by atoms with Crippen molar-refractivity contribution in [3.8, 4) is 0 Å². The molecule has 1 amide bonds. The van der Waals surface area contributed by atoms with Crippen molar-refractivity contribution in [2.24, 2.45) is 0 Å². The number of carbonyl (C=O) groups excluding carboxylic acids is 1.